The van der Waals surface area contributed by atoms with Crippen LogP contribution in [0.2, 0.25) is 0 Å². The lowest BCUT2D eigenvalue weighted by Crippen LogP contribution is -2.12. The lowest BCUT2D eigenvalue weighted by Gasteiger charge is -2.11. The number of nitrogens with zero attached hydrogens (tertiary/aromatic N) is 2. The minimum atomic E-state index is 0.506. The number of rotatable bonds is 5. The van der Waals surface area contributed by atoms with Gasteiger partial charge in [0.25, 0.3) is 0 Å². The average Bonchev–Trinajstić information content (AvgIpc) is 3.05. The van der Waals surface area contributed by atoms with E-state index in [1.807, 2.05) is 31.1 Å². The van der Waals surface area contributed by atoms with Gasteiger partial charge < -0.3 is 14.6 Å². The summed E-state index contributed by atoms with van der Waals surface area (Å²) < 4.78 is 7.89. The van der Waals surface area contributed by atoms with E-state index in [4.69, 9.17) is 4.74 Å². The first kappa shape index (κ1) is 13.2. The number of aromatic nitrogens is 2. The van der Waals surface area contributed by atoms with E-state index in [-0.39, 0.29) is 0 Å². The fourth-order valence-corrected chi connectivity index (χ4v) is 2.88. The molecule has 2 aromatic rings. The molecule has 1 atom stereocenters. The summed E-state index contributed by atoms with van der Waals surface area (Å²) in [5, 5.41) is 3.36. The molecule has 20 heavy (non-hydrogen) atoms. The molecule has 1 aliphatic carbocycles. The number of ether oxygens (including phenoxy) is 1. The van der Waals surface area contributed by atoms with Gasteiger partial charge >= 0.3 is 0 Å². The molecule has 1 unspecified atom stereocenters. The van der Waals surface area contributed by atoms with Crippen molar-refractivity contribution in [2.45, 2.75) is 25.3 Å². The molecule has 3 rings (SSSR count). The van der Waals surface area contributed by atoms with E-state index < -0.39 is 0 Å². The van der Waals surface area contributed by atoms with Gasteiger partial charge in [-0.05, 0) is 43.1 Å². The molecule has 1 aromatic carbocycles. The van der Waals surface area contributed by atoms with Crippen molar-refractivity contribution in [3.8, 4) is 5.75 Å². The maximum atomic E-state index is 5.85. The Kier molecular flexibility index (Phi) is 3.74. The zero-order valence-corrected chi connectivity index (χ0v) is 12.1. The van der Waals surface area contributed by atoms with Crippen LogP contribution < -0.4 is 10.1 Å². The fraction of sp³-hybridized carbons (Fsp3) is 0.438. The van der Waals surface area contributed by atoms with Crippen LogP contribution in [0.4, 0.5) is 0 Å². The molecule has 106 valence electrons. The summed E-state index contributed by atoms with van der Waals surface area (Å²) in [7, 11) is 4.03. The third-order valence-corrected chi connectivity index (χ3v) is 4.06. The van der Waals surface area contributed by atoms with Crippen molar-refractivity contribution >= 4 is 0 Å². The van der Waals surface area contributed by atoms with Crippen LogP contribution in [0.15, 0.2) is 30.6 Å². The Balaban J connectivity index is 1.60. The van der Waals surface area contributed by atoms with Crippen LogP contribution in [0, 0.1) is 0 Å². The summed E-state index contributed by atoms with van der Waals surface area (Å²) in [6.45, 7) is 0.666. The Bertz CT molecular complexity index is 591. The maximum absolute atomic E-state index is 5.85. The molecule has 0 bridgehead atoms. The number of benzene rings is 1. The molecular formula is C16H21N3O. The van der Waals surface area contributed by atoms with E-state index in [0.29, 0.717) is 12.6 Å². The molecule has 0 saturated carbocycles. The number of hydrogen-bond donors (Lipinski definition) is 1. The molecule has 0 aliphatic heterocycles. The number of hydrogen-bond acceptors (Lipinski definition) is 3. The van der Waals surface area contributed by atoms with Gasteiger partial charge in [0.05, 0.1) is 6.61 Å². The van der Waals surface area contributed by atoms with Gasteiger partial charge in [0.15, 0.2) is 0 Å². The highest BCUT2D eigenvalue weighted by molar-refractivity contribution is 5.40. The Labute approximate surface area is 119 Å². The van der Waals surface area contributed by atoms with Gasteiger partial charge in [0.1, 0.15) is 11.6 Å². The number of aryl methyl sites for hydroxylation is 2. The second-order valence-electron chi connectivity index (χ2n) is 5.29. The minimum absolute atomic E-state index is 0.506. The van der Waals surface area contributed by atoms with Crippen LogP contribution in [-0.4, -0.2) is 23.2 Å². The highest BCUT2D eigenvalue weighted by atomic mass is 16.5. The van der Waals surface area contributed by atoms with Gasteiger partial charge in [-0.25, -0.2) is 4.98 Å². The third-order valence-electron chi connectivity index (χ3n) is 4.06. The van der Waals surface area contributed by atoms with Crippen LogP contribution in [-0.2, 0) is 19.9 Å². The van der Waals surface area contributed by atoms with Crippen molar-refractivity contribution < 1.29 is 4.74 Å². The summed E-state index contributed by atoms with van der Waals surface area (Å²) in [5.41, 5.74) is 2.84. The molecule has 4 nitrogen and oxygen atoms in total. The van der Waals surface area contributed by atoms with Gasteiger partial charge in [-0.15, -0.1) is 0 Å². The van der Waals surface area contributed by atoms with Crippen molar-refractivity contribution in [2.24, 2.45) is 7.05 Å². The zero-order chi connectivity index (χ0) is 13.9. The molecular weight excluding hydrogens is 250 g/mol. The standard InChI is InChI=1S/C16H21N3O/c1-17-15-6-3-12-11-13(4-5-14(12)15)20-10-7-16-18-8-9-19(16)2/h4-5,8-9,11,15,17H,3,6-7,10H2,1-2H3. The maximum Gasteiger partial charge on any atom is 0.119 e. The average molecular weight is 271 g/mol. The van der Waals surface area contributed by atoms with Gasteiger partial charge in [0.2, 0.25) is 0 Å². The van der Waals surface area contributed by atoms with E-state index in [0.717, 1.165) is 24.4 Å². The summed E-state index contributed by atoms with van der Waals surface area (Å²) in [4.78, 5) is 4.30. The molecule has 0 radical (unpaired) electrons. The molecule has 1 aliphatic rings. The summed E-state index contributed by atoms with van der Waals surface area (Å²) in [6.07, 6.45) is 6.94. The van der Waals surface area contributed by atoms with Gasteiger partial charge in [-0.3, -0.25) is 0 Å². The van der Waals surface area contributed by atoms with Crippen LogP contribution >= 0.6 is 0 Å². The van der Waals surface area contributed by atoms with Gasteiger partial charge in [-0.2, -0.15) is 0 Å². The topological polar surface area (TPSA) is 39.1 Å². The lowest BCUT2D eigenvalue weighted by molar-refractivity contribution is 0.317. The third kappa shape index (κ3) is 2.56. The molecule has 1 aromatic heterocycles. The SMILES string of the molecule is CNC1CCc2cc(OCCc3nccn3C)ccc21. The molecule has 1 N–H and O–H groups in total. The first-order valence-corrected chi connectivity index (χ1v) is 7.17. The largest absolute Gasteiger partial charge is 0.493 e. The Morgan fingerprint density at radius 2 is 2.35 bits per heavy atom. The van der Waals surface area contributed by atoms with E-state index in [1.54, 1.807) is 0 Å². The minimum Gasteiger partial charge on any atom is -0.493 e. The summed E-state index contributed by atoms with van der Waals surface area (Å²) >= 11 is 0. The number of nitrogens with one attached hydrogen (secondary N) is 1. The second kappa shape index (κ2) is 5.67. The van der Waals surface area contributed by atoms with E-state index >= 15 is 0 Å². The predicted molar refractivity (Wildman–Crippen MR) is 79.0 cm³/mol. The molecule has 0 amide bonds. The molecule has 0 spiro atoms. The van der Waals surface area contributed by atoms with Crippen molar-refractivity contribution in [3.05, 3.63) is 47.5 Å². The Morgan fingerprint density at radius 3 is 3.10 bits per heavy atom. The van der Waals surface area contributed by atoms with Crippen molar-refractivity contribution in [1.82, 2.24) is 14.9 Å². The first-order chi connectivity index (χ1) is 9.78. The van der Waals surface area contributed by atoms with Crippen molar-refractivity contribution in [2.75, 3.05) is 13.7 Å². The van der Waals surface area contributed by atoms with Crippen LogP contribution in [0.5, 0.6) is 5.75 Å². The van der Waals surface area contributed by atoms with Crippen molar-refractivity contribution in [1.29, 1.82) is 0 Å². The van der Waals surface area contributed by atoms with Crippen molar-refractivity contribution in [3.63, 3.8) is 0 Å². The lowest BCUT2D eigenvalue weighted by atomic mass is 10.1. The number of fused-ring (bicyclic) bond motifs is 1. The van der Waals surface area contributed by atoms with Gasteiger partial charge in [-0.1, -0.05) is 6.07 Å². The molecule has 0 saturated heterocycles. The quantitative estimate of drug-likeness (QED) is 0.906. The normalized spacial score (nSPS) is 17.2. The highest BCUT2D eigenvalue weighted by Crippen LogP contribution is 2.33. The van der Waals surface area contributed by atoms with Crippen LogP contribution in [0.25, 0.3) is 0 Å². The van der Waals surface area contributed by atoms with E-state index in [9.17, 15) is 0 Å². The predicted octanol–water partition coefficient (Wildman–Crippen LogP) is 2.25. The highest BCUT2D eigenvalue weighted by Gasteiger charge is 2.20. The fourth-order valence-electron chi connectivity index (χ4n) is 2.88. The van der Waals surface area contributed by atoms with E-state index in [2.05, 4.69) is 28.5 Å². The molecule has 1 heterocycles. The van der Waals surface area contributed by atoms with E-state index in [1.165, 1.54) is 17.5 Å². The molecule has 0 fully saturated rings. The van der Waals surface area contributed by atoms with Gasteiger partial charge in [0, 0.05) is 31.9 Å². The zero-order valence-electron chi connectivity index (χ0n) is 12.1. The van der Waals surface area contributed by atoms with Crippen LogP contribution in [0.3, 0.4) is 0 Å². The Hall–Kier alpha value is -1.81. The molecule has 4 heteroatoms. The first-order valence-electron chi connectivity index (χ1n) is 7.17. The van der Waals surface area contributed by atoms with Crippen LogP contribution in [0.1, 0.15) is 29.4 Å². The Morgan fingerprint density at radius 1 is 1.45 bits per heavy atom. The summed E-state index contributed by atoms with van der Waals surface area (Å²) in [5.74, 6) is 2.02. The second-order valence-corrected chi connectivity index (χ2v) is 5.29. The number of imidazole rings is 1. The monoisotopic (exact) mass is 271 g/mol. The summed E-state index contributed by atoms with van der Waals surface area (Å²) in [6, 6.07) is 6.96. The smallest absolute Gasteiger partial charge is 0.119 e.